The SMILES string of the molecule is CCc1ccc(-c2ccc3c(c2)sc2c4ccccc4oc32)cc1. The van der Waals surface area contributed by atoms with Crippen molar-refractivity contribution in [3.05, 3.63) is 72.3 Å². The number of aryl methyl sites for hydroxylation is 1. The van der Waals surface area contributed by atoms with Crippen LogP contribution in [-0.2, 0) is 6.42 Å². The van der Waals surface area contributed by atoms with E-state index in [1.807, 2.05) is 23.5 Å². The van der Waals surface area contributed by atoms with Crippen LogP contribution in [0.3, 0.4) is 0 Å². The number of para-hydroxylation sites is 1. The third-order valence-electron chi connectivity index (χ3n) is 4.68. The molecule has 0 amide bonds. The highest BCUT2D eigenvalue weighted by Gasteiger charge is 2.13. The molecule has 0 aliphatic heterocycles. The Bertz CT molecular complexity index is 1180. The van der Waals surface area contributed by atoms with Crippen LogP contribution >= 0.6 is 11.3 Å². The summed E-state index contributed by atoms with van der Waals surface area (Å²) in [6, 6.07) is 23.8. The molecule has 0 radical (unpaired) electrons. The highest BCUT2D eigenvalue weighted by Crippen LogP contribution is 2.41. The standard InChI is InChI=1S/C22H16OS/c1-2-14-7-9-15(10-8-14)16-11-12-18-20(13-16)24-22-17-5-3-4-6-19(17)23-21(18)22/h3-13H,2H2,1H3. The zero-order valence-corrected chi connectivity index (χ0v) is 14.2. The normalized spacial score (nSPS) is 11.7. The fourth-order valence-electron chi connectivity index (χ4n) is 3.32. The third-order valence-corrected chi connectivity index (χ3v) is 5.85. The lowest BCUT2D eigenvalue weighted by Crippen LogP contribution is -1.81. The number of rotatable bonds is 2. The molecule has 0 aliphatic rings. The van der Waals surface area contributed by atoms with Crippen molar-refractivity contribution < 1.29 is 4.42 Å². The molecular formula is C22H16OS. The zero-order chi connectivity index (χ0) is 16.1. The van der Waals surface area contributed by atoms with Gasteiger partial charge in [0.1, 0.15) is 5.58 Å². The number of hydrogen-bond acceptors (Lipinski definition) is 2. The molecule has 0 atom stereocenters. The fraction of sp³-hybridized carbons (Fsp3) is 0.0909. The molecule has 24 heavy (non-hydrogen) atoms. The van der Waals surface area contributed by atoms with Crippen molar-refractivity contribution in [1.82, 2.24) is 0 Å². The molecule has 2 aromatic heterocycles. The van der Waals surface area contributed by atoms with E-state index < -0.39 is 0 Å². The van der Waals surface area contributed by atoms with Crippen molar-refractivity contribution in [3.8, 4) is 11.1 Å². The molecule has 0 saturated carbocycles. The summed E-state index contributed by atoms with van der Waals surface area (Å²) in [5, 5.41) is 2.42. The minimum atomic E-state index is 0.972. The van der Waals surface area contributed by atoms with E-state index in [2.05, 4.69) is 61.5 Å². The van der Waals surface area contributed by atoms with Gasteiger partial charge in [-0.3, -0.25) is 0 Å². The zero-order valence-electron chi connectivity index (χ0n) is 13.4. The lowest BCUT2D eigenvalue weighted by molar-refractivity contribution is 0.673. The van der Waals surface area contributed by atoms with Gasteiger partial charge >= 0.3 is 0 Å². The van der Waals surface area contributed by atoms with Gasteiger partial charge in [0.05, 0.1) is 4.70 Å². The van der Waals surface area contributed by atoms with Crippen LogP contribution < -0.4 is 0 Å². The Morgan fingerprint density at radius 1 is 0.833 bits per heavy atom. The van der Waals surface area contributed by atoms with Crippen molar-refractivity contribution in [1.29, 1.82) is 0 Å². The van der Waals surface area contributed by atoms with Crippen LogP contribution in [-0.4, -0.2) is 0 Å². The molecule has 2 heteroatoms. The highest BCUT2D eigenvalue weighted by atomic mass is 32.1. The predicted molar refractivity (Wildman–Crippen MR) is 104 cm³/mol. The van der Waals surface area contributed by atoms with E-state index in [9.17, 15) is 0 Å². The van der Waals surface area contributed by atoms with Crippen LogP contribution in [0.4, 0.5) is 0 Å². The van der Waals surface area contributed by atoms with Crippen molar-refractivity contribution in [3.63, 3.8) is 0 Å². The van der Waals surface area contributed by atoms with Crippen LogP contribution in [0.5, 0.6) is 0 Å². The smallest absolute Gasteiger partial charge is 0.154 e. The summed E-state index contributed by atoms with van der Waals surface area (Å²) in [7, 11) is 0. The van der Waals surface area contributed by atoms with Gasteiger partial charge in [0.15, 0.2) is 5.58 Å². The van der Waals surface area contributed by atoms with Gasteiger partial charge in [-0.2, -0.15) is 0 Å². The Hall–Kier alpha value is -2.58. The molecule has 0 spiro atoms. The summed E-state index contributed by atoms with van der Waals surface area (Å²) < 4.78 is 8.62. The first-order valence-electron chi connectivity index (χ1n) is 8.26. The second-order valence-corrected chi connectivity index (χ2v) is 7.17. The predicted octanol–water partition coefficient (Wildman–Crippen LogP) is 7.03. The average Bonchev–Trinajstić information content (AvgIpc) is 3.17. The van der Waals surface area contributed by atoms with Crippen molar-refractivity contribution in [2.75, 3.05) is 0 Å². The Balaban J connectivity index is 1.71. The van der Waals surface area contributed by atoms with E-state index in [0.717, 1.165) is 17.6 Å². The lowest BCUT2D eigenvalue weighted by Gasteiger charge is -2.03. The number of fused-ring (bicyclic) bond motifs is 5. The summed E-state index contributed by atoms with van der Waals surface area (Å²) in [4.78, 5) is 0. The number of furan rings is 1. The minimum Gasteiger partial charge on any atom is -0.454 e. The van der Waals surface area contributed by atoms with E-state index >= 15 is 0 Å². The first-order chi connectivity index (χ1) is 11.8. The summed E-state index contributed by atoms with van der Waals surface area (Å²) in [5.74, 6) is 0. The summed E-state index contributed by atoms with van der Waals surface area (Å²) >= 11 is 1.82. The van der Waals surface area contributed by atoms with Gasteiger partial charge < -0.3 is 4.42 Å². The summed E-state index contributed by atoms with van der Waals surface area (Å²) in [6.07, 6.45) is 1.08. The average molecular weight is 328 g/mol. The van der Waals surface area contributed by atoms with Gasteiger partial charge in [0, 0.05) is 15.5 Å². The molecule has 5 aromatic rings. The number of thiophene rings is 1. The maximum atomic E-state index is 6.09. The second-order valence-electron chi connectivity index (χ2n) is 6.12. The molecule has 0 N–H and O–H groups in total. The Kier molecular flexibility index (Phi) is 3.00. The quantitative estimate of drug-likeness (QED) is 0.339. The third kappa shape index (κ3) is 2.00. The first-order valence-corrected chi connectivity index (χ1v) is 9.08. The molecule has 0 bridgehead atoms. The second kappa shape index (κ2) is 5.22. The van der Waals surface area contributed by atoms with Gasteiger partial charge in [0.25, 0.3) is 0 Å². The summed E-state index contributed by atoms with van der Waals surface area (Å²) in [6.45, 7) is 2.19. The van der Waals surface area contributed by atoms with Crippen molar-refractivity contribution in [2.24, 2.45) is 0 Å². The van der Waals surface area contributed by atoms with Crippen molar-refractivity contribution >= 4 is 42.7 Å². The van der Waals surface area contributed by atoms with E-state index in [-0.39, 0.29) is 0 Å². The van der Waals surface area contributed by atoms with E-state index in [0.29, 0.717) is 0 Å². The molecule has 0 aliphatic carbocycles. The molecule has 0 saturated heterocycles. The van der Waals surface area contributed by atoms with E-state index in [4.69, 9.17) is 4.42 Å². The Morgan fingerprint density at radius 2 is 1.62 bits per heavy atom. The van der Waals surface area contributed by atoms with Crippen LogP contribution in [0.1, 0.15) is 12.5 Å². The van der Waals surface area contributed by atoms with Crippen LogP contribution in [0.2, 0.25) is 0 Å². The van der Waals surface area contributed by atoms with Gasteiger partial charge in [-0.25, -0.2) is 0 Å². The minimum absolute atomic E-state index is 0.972. The highest BCUT2D eigenvalue weighted by molar-refractivity contribution is 7.26. The van der Waals surface area contributed by atoms with E-state index in [1.54, 1.807) is 0 Å². The van der Waals surface area contributed by atoms with Gasteiger partial charge in [0.2, 0.25) is 0 Å². The molecular weight excluding hydrogens is 312 g/mol. The largest absolute Gasteiger partial charge is 0.454 e. The fourth-order valence-corrected chi connectivity index (χ4v) is 4.52. The number of hydrogen-bond donors (Lipinski definition) is 0. The molecule has 2 heterocycles. The monoisotopic (exact) mass is 328 g/mol. The molecule has 3 aromatic carbocycles. The first kappa shape index (κ1) is 13.8. The van der Waals surface area contributed by atoms with Gasteiger partial charge in [-0.15, -0.1) is 11.3 Å². The van der Waals surface area contributed by atoms with Crippen LogP contribution in [0.25, 0.3) is 42.5 Å². The van der Waals surface area contributed by atoms with Crippen LogP contribution in [0, 0.1) is 0 Å². The van der Waals surface area contributed by atoms with E-state index in [1.165, 1.54) is 36.9 Å². The lowest BCUT2D eigenvalue weighted by atomic mass is 10.0. The Morgan fingerprint density at radius 3 is 2.46 bits per heavy atom. The summed E-state index contributed by atoms with van der Waals surface area (Å²) in [5.41, 5.74) is 5.89. The number of benzene rings is 3. The molecule has 1 nitrogen and oxygen atoms in total. The van der Waals surface area contributed by atoms with Gasteiger partial charge in [-0.05, 0) is 47.4 Å². The maximum Gasteiger partial charge on any atom is 0.154 e. The maximum absolute atomic E-state index is 6.09. The molecule has 5 rings (SSSR count). The topological polar surface area (TPSA) is 13.1 Å². The van der Waals surface area contributed by atoms with Gasteiger partial charge in [-0.1, -0.05) is 49.4 Å². The van der Waals surface area contributed by atoms with Crippen molar-refractivity contribution in [2.45, 2.75) is 13.3 Å². The van der Waals surface area contributed by atoms with Crippen LogP contribution in [0.15, 0.2) is 71.1 Å². The molecule has 116 valence electrons. The Labute approximate surface area is 144 Å². The molecule has 0 fully saturated rings. The molecule has 0 unspecified atom stereocenters.